The summed E-state index contributed by atoms with van der Waals surface area (Å²) in [5.74, 6) is 0. The normalized spacial score (nSPS) is 11.4. The Morgan fingerprint density at radius 2 is 1.63 bits per heavy atom. The van der Waals surface area contributed by atoms with Crippen molar-refractivity contribution in [1.29, 1.82) is 0 Å². The first-order valence-electron chi connectivity index (χ1n) is 5.36. The third-order valence-electron chi connectivity index (χ3n) is 2.54. The predicted octanol–water partition coefficient (Wildman–Crippen LogP) is 4.68. The van der Waals surface area contributed by atoms with Crippen molar-refractivity contribution in [2.45, 2.75) is 6.18 Å². The number of halogens is 4. The Morgan fingerprint density at radius 3 is 2.21 bits per heavy atom. The topological polar surface area (TPSA) is 38.0 Å². The summed E-state index contributed by atoms with van der Waals surface area (Å²) in [5, 5.41) is 3.30. The summed E-state index contributed by atoms with van der Waals surface area (Å²) in [6, 6.07) is 9.71. The molecule has 0 unspecified atom stereocenters. The number of rotatable bonds is 2. The molecule has 2 rings (SSSR count). The molecule has 0 aliphatic rings. The lowest BCUT2D eigenvalue weighted by atomic mass is 10.2. The quantitative estimate of drug-likeness (QED) is 0.786. The van der Waals surface area contributed by atoms with Crippen LogP contribution in [0.3, 0.4) is 0 Å². The van der Waals surface area contributed by atoms with Crippen LogP contribution in [0, 0.1) is 0 Å². The summed E-state index contributed by atoms with van der Waals surface area (Å²) in [7, 11) is 0. The fourth-order valence-electron chi connectivity index (χ4n) is 1.54. The summed E-state index contributed by atoms with van der Waals surface area (Å²) in [6.07, 6.45) is -4.34. The molecule has 0 aliphatic carbocycles. The molecule has 0 aliphatic heterocycles. The molecule has 0 radical (unpaired) electrons. The average Bonchev–Trinajstić information content (AvgIpc) is 2.35. The molecular formula is C13H10ClF3N2. The highest BCUT2D eigenvalue weighted by atomic mass is 35.5. The minimum atomic E-state index is -4.34. The Hall–Kier alpha value is -1.88. The van der Waals surface area contributed by atoms with Crippen LogP contribution in [-0.4, -0.2) is 0 Å². The number of hydrogen-bond donors (Lipinski definition) is 2. The molecule has 6 heteroatoms. The van der Waals surface area contributed by atoms with Gasteiger partial charge in [0.1, 0.15) is 0 Å². The van der Waals surface area contributed by atoms with E-state index < -0.39 is 11.7 Å². The van der Waals surface area contributed by atoms with E-state index in [0.29, 0.717) is 22.1 Å². The van der Waals surface area contributed by atoms with Crippen LogP contribution in [0.4, 0.5) is 30.2 Å². The lowest BCUT2D eigenvalue weighted by Gasteiger charge is -2.11. The zero-order valence-electron chi connectivity index (χ0n) is 9.63. The van der Waals surface area contributed by atoms with Crippen molar-refractivity contribution in [3.05, 3.63) is 53.1 Å². The maximum Gasteiger partial charge on any atom is 0.416 e. The Labute approximate surface area is 113 Å². The van der Waals surface area contributed by atoms with E-state index in [4.69, 9.17) is 17.3 Å². The van der Waals surface area contributed by atoms with Crippen molar-refractivity contribution in [1.82, 2.24) is 0 Å². The van der Waals surface area contributed by atoms with Crippen LogP contribution in [0.2, 0.25) is 5.02 Å². The largest absolute Gasteiger partial charge is 0.416 e. The van der Waals surface area contributed by atoms with Crippen LogP contribution in [0.1, 0.15) is 5.56 Å². The molecule has 0 amide bonds. The van der Waals surface area contributed by atoms with Gasteiger partial charge in [0.15, 0.2) is 0 Å². The van der Waals surface area contributed by atoms with Gasteiger partial charge in [0.25, 0.3) is 0 Å². The molecule has 0 aromatic heterocycles. The highest BCUT2D eigenvalue weighted by molar-refractivity contribution is 6.33. The first-order valence-corrected chi connectivity index (χ1v) is 5.74. The van der Waals surface area contributed by atoms with Gasteiger partial charge in [-0.05, 0) is 36.4 Å². The molecule has 2 aromatic rings. The second-order valence-corrected chi connectivity index (χ2v) is 4.31. The first-order chi connectivity index (χ1) is 8.88. The number of anilines is 3. The molecule has 0 saturated heterocycles. The fourth-order valence-corrected chi connectivity index (χ4v) is 1.72. The number of hydrogen-bond acceptors (Lipinski definition) is 2. The van der Waals surface area contributed by atoms with Crippen molar-refractivity contribution in [2.24, 2.45) is 0 Å². The van der Waals surface area contributed by atoms with E-state index in [1.54, 1.807) is 18.2 Å². The molecule has 0 fully saturated rings. The van der Waals surface area contributed by atoms with Crippen molar-refractivity contribution < 1.29 is 13.2 Å². The second-order valence-electron chi connectivity index (χ2n) is 3.90. The van der Waals surface area contributed by atoms with Crippen LogP contribution in [0.15, 0.2) is 42.5 Å². The Bertz CT molecular complexity index is 579. The van der Waals surface area contributed by atoms with Crippen LogP contribution >= 0.6 is 11.6 Å². The Morgan fingerprint density at radius 1 is 1.00 bits per heavy atom. The van der Waals surface area contributed by atoms with Gasteiger partial charge in [-0.1, -0.05) is 17.7 Å². The van der Waals surface area contributed by atoms with Gasteiger partial charge in [-0.3, -0.25) is 0 Å². The molecule has 0 saturated carbocycles. The Balaban J connectivity index is 2.23. The van der Waals surface area contributed by atoms with Gasteiger partial charge in [0, 0.05) is 5.69 Å². The Kier molecular flexibility index (Phi) is 3.57. The molecule has 2 aromatic carbocycles. The summed E-state index contributed by atoms with van der Waals surface area (Å²) in [6.45, 7) is 0. The summed E-state index contributed by atoms with van der Waals surface area (Å²) in [5.41, 5.74) is 6.46. The minimum absolute atomic E-state index is 0.351. The van der Waals surface area contributed by atoms with E-state index in [1.165, 1.54) is 12.1 Å². The maximum absolute atomic E-state index is 12.4. The van der Waals surface area contributed by atoms with Crippen molar-refractivity contribution in [3.63, 3.8) is 0 Å². The highest BCUT2D eigenvalue weighted by Crippen LogP contribution is 2.32. The molecule has 0 spiro atoms. The van der Waals surface area contributed by atoms with Crippen LogP contribution in [0.5, 0.6) is 0 Å². The summed E-state index contributed by atoms with van der Waals surface area (Å²) < 4.78 is 37.2. The number of para-hydroxylation sites is 1. The van der Waals surface area contributed by atoms with E-state index in [-0.39, 0.29) is 0 Å². The van der Waals surface area contributed by atoms with E-state index >= 15 is 0 Å². The number of alkyl halides is 3. The van der Waals surface area contributed by atoms with Gasteiger partial charge in [0.05, 0.1) is 22.0 Å². The standard InChI is InChI=1S/C13H10ClF3N2/c14-10-2-1-3-11(12(10)18)19-9-6-4-8(5-7-9)13(15,16)17/h1-7,19H,18H2. The molecule has 0 heterocycles. The smallest absolute Gasteiger partial charge is 0.396 e. The monoisotopic (exact) mass is 286 g/mol. The molecule has 0 bridgehead atoms. The van der Waals surface area contributed by atoms with E-state index in [2.05, 4.69) is 5.32 Å². The van der Waals surface area contributed by atoms with Gasteiger partial charge in [0.2, 0.25) is 0 Å². The SMILES string of the molecule is Nc1c(Cl)cccc1Nc1ccc(C(F)(F)F)cc1. The van der Waals surface area contributed by atoms with Crippen LogP contribution < -0.4 is 11.1 Å². The van der Waals surface area contributed by atoms with Gasteiger partial charge < -0.3 is 11.1 Å². The van der Waals surface area contributed by atoms with Crippen molar-refractivity contribution in [2.75, 3.05) is 11.1 Å². The molecular weight excluding hydrogens is 277 g/mol. The van der Waals surface area contributed by atoms with Crippen LogP contribution in [0.25, 0.3) is 0 Å². The van der Waals surface area contributed by atoms with Gasteiger partial charge >= 0.3 is 6.18 Å². The summed E-state index contributed by atoms with van der Waals surface area (Å²) >= 11 is 5.85. The molecule has 19 heavy (non-hydrogen) atoms. The number of nitrogens with two attached hydrogens (primary N) is 1. The predicted molar refractivity (Wildman–Crippen MR) is 70.6 cm³/mol. The number of nitrogens with one attached hydrogen (secondary N) is 1. The van der Waals surface area contributed by atoms with Crippen molar-refractivity contribution >= 4 is 28.7 Å². The first kappa shape index (κ1) is 13.5. The van der Waals surface area contributed by atoms with Crippen LogP contribution in [-0.2, 0) is 6.18 Å². The lowest BCUT2D eigenvalue weighted by molar-refractivity contribution is -0.137. The highest BCUT2D eigenvalue weighted by Gasteiger charge is 2.29. The number of benzene rings is 2. The second kappa shape index (κ2) is 5.01. The zero-order valence-corrected chi connectivity index (χ0v) is 10.4. The zero-order chi connectivity index (χ0) is 14.0. The van der Waals surface area contributed by atoms with E-state index in [0.717, 1.165) is 12.1 Å². The van der Waals surface area contributed by atoms with Gasteiger partial charge in [-0.2, -0.15) is 13.2 Å². The van der Waals surface area contributed by atoms with Crippen molar-refractivity contribution in [3.8, 4) is 0 Å². The molecule has 0 atom stereocenters. The molecule has 2 nitrogen and oxygen atoms in total. The summed E-state index contributed by atoms with van der Waals surface area (Å²) in [4.78, 5) is 0. The lowest BCUT2D eigenvalue weighted by Crippen LogP contribution is -2.04. The molecule has 100 valence electrons. The number of nitrogen functional groups attached to an aromatic ring is 1. The van der Waals surface area contributed by atoms with Gasteiger partial charge in [-0.25, -0.2) is 0 Å². The average molecular weight is 287 g/mol. The van der Waals surface area contributed by atoms with E-state index in [9.17, 15) is 13.2 Å². The van der Waals surface area contributed by atoms with Gasteiger partial charge in [-0.15, -0.1) is 0 Å². The third kappa shape index (κ3) is 3.12. The third-order valence-corrected chi connectivity index (χ3v) is 2.87. The van der Waals surface area contributed by atoms with E-state index in [1.807, 2.05) is 0 Å². The minimum Gasteiger partial charge on any atom is -0.396 e. The molecule has 3 N–H and O–H groups in total. The maximum atomic E-state index is 12.4. The fraction of sp³-hybridized carbons (Fsp3) is 0.0769.